The molecule has 1 aromatic carbocycles. The zero-order chi connectivity index (χ0) is 12.1. The number of nitrogens with two attached hydrogens (primary N) is 1. The van der Waals surface area contributed by atoms with Crippen LogP contribution in [0.25, 0.3) is 0 Å². The fourth-order valence-electron chi connectivity index (χ4n) is 2.24. The summed E-state index contributed by atoms with van der Waals surface area (Å²) in [5, 5.41) is 0. The van der Waals surface area contributed by atoms with E-state index in [0.29, 0.717) is 6.61 Å². The molecule has 0 saturated carbocycles. The second-order valence-electron chi connectivity index (χ2n) is 4.61. The van der Waals surface area contributed by atoms with Crippen molar-refractivity contribution in [2.24, 2.45) is 5.73 Å². The van der Waals surface area contributed by atoms with Crippen LogP contribution in [0.5, 0.6) is 5.75 Å². The molecule has 3 heteroatoms. The van der Waals surface area contributed by atoms with Gasteiger partial charge in [0, 0.05) is 25.2 Å². The maximum absolute atomic E-state index is 6.49. The van der Waals surface area contributed by atoms with Crippen molar-refractivity contribution in [1.82, 2.24) is 0 Å². The summed E-state index contributed by atoms with van der Waals surface area (Å²) in [5.41, 5.74) is 7.32. The maximum Gasteiger partial charge on any atom is 0.124 e. The maximum atomic E-state index is 6.49. The van der Waals surface area contributed by atoms with Crippen LogP contribution in [0.15, 0.2) is 24.3 Å². The summed E-state index contributed by atoms with van der Waals surface area (Å²) >= 11 is 0. The van der Waals surface area contributed by atoms with E-state index >= 15 is 0 Å². The molecular formula is C14H21NO2. The molecule has 1 aliphatic rings. The molecule has 3 nitrogen and oxygen atoms in total. The highest BCUT2D eigenvalue weighted by Crippen LogP contribution is 2.37. The number of hydrogen-bond acceptors (Lipinski definition) is 3. The van der Waals surface area contributed by atoms with Crippen LogP contribution in [0, 0.1) is 0 Å². The van der Waals surface area contributed by atoms with E-state index in [-0.39, 0.29) is 5.54 Å². The van der Waals surface area contributed by atoms with Gasteiger partial charge in [-0.1, -0.05) is 25.1 Å². The molecule has 0 amide bonds. The van der Waals surface area contributed by atoms with Gasteiger partial charge in [0.1, 0.15) is 5.75 Å². The standard InChI is InChI=1S/C14H21NO2/c1-2-9-16-10-7-14(15)8-11-17-13-6-4-3-5-12(13)14/h3-6H,2,7-11,15H2,1H3. The molecule has 0 fully saturated rings. The van der Waals surface area contributed by atoms with Gasteiger partial charge in [-0.3, -0.25) is 0 Å². The SMILES string of the molecule is CCCOCCC1(N)CCOc2ccccc21. The number of fused-ring (bicyclic) bond motifs is 1. The van der Waals surface area contributed by atoms with Gasteiger partial charge in [-0.25, -0.2) is 0 Å². The van der Waals surface area contributed by atoms with Crippen molar-refractivity contribution < 1.29 is 9.47 Å². The minimum absolute atomic E-state index is 0.289. The van der Waals surface area contributed by atoms with Gasteiger partial charge in [0.25, 0.3) is 0 Å². The minimum atomic E-state index is -0.289. The average molecular weight is 235 g/mol. The third-order valence-electron chi connectivity index (χ3n) is 3.27. The Balaban J connectivity index is 2.05. The lowest BCUT2D eigenvalue weighted by Crippen LogP contribution is -2.42. The van der Waals surface area contributed by atoms with Crippen LogP contribution in [-0.2, 0) is 10.3 Å². The van der Waals surface area contributed by atoms with E-state index in [0.717, 1.165) is 43.8 Å². The van der Waals surface area contributed by atoms with Gasteiger partial charge in [0.2, 0.25) is 0 Å². The van der Waals surface area contributed by atoms with Gasteiger partial charge in [0.15, 0.2) is 0 Å². The first kappa shape index (κ1) is 12.4. The molecule has 2 N–H and O–H groups in total. The Morgan fingerprint density at radius 2 is 2.18 bits per heavy atom. The largest absolute Gasteiger partial charge is 0.493 e. The average Bonchev–Trinajstić information content (AvgIpc) is 2.36. The van der Waals surface area contributed by atoms with Gasteiger partial charge in [0.05, 0.1) is 12.1 Å². The minimum Gasteiger partial charge on any atom is -0.493 e. The van der Waals surface area contributed by atoms with E-state index in [1.807, 2.05) is 18.2 Å². The highest BCUT2D eigenvalue weighted by Gasteiger charge is 2.33. The van der Waals surface area contributed by atoms with Crippen LogP contribution in [0.2, 0.25) is 0 Å². The topological polar surface area (TPSA) is 44.5 Å². The van der Waals surface area contributed by atoms with E-state index in [9.17, 15) is 0 Å². The van der Waals surface area contributed by atoms with Gasteiger partial charge in [-0.15, -0.1) is 0 Å². The molecular weight excluding hydrogens is 214 g/mol. The molecule has 1 atom stereocenters. The Hall–Kier alpha value is -1.06. The molecule has 94 valence electrons. The van der Waals surface area contributed by atoms with E-state index in [1.54, 1.807) is 0 Å². The quantitative estimate of drug-likeness (QED) is 0.797. The number of para-hydroxylation sites is 1. The van der Waals surface area contributed by atoms with Crippen molar-refractivity contribution >= 4 is 0 Å². The fourth-order valence-corrected chi connectivity index (χ4v) is 2.24. The van der Waals surface area contributed by atoms with Crippen molar-refractivity contribution in [2.75, 3.05) is 19.8 Å². The van der Waals surface area contributed by atoms with Gasteiger partial charge in [-0.2, -0.15) is 0 Å². The first-order valence-electron chi connectivity index (χ1n) is 6.35. The van der Waals surface area contributed by atoms with Gasteiger partial charge < -0.3 is 15.2 Å². The molecule has 1 aliphatic heterocycles. The van der Waals surface area contributed by atoms with Crippen molar-refractivity contribution in [3.63, 3.8) is 0 Å². The first-order chi connectivity index (χ1) is 8.26. The highest BCUT2D eigenvalue weighted by molar-refractivity contribution is 5.40. The van der Waals surface area contributed by atoms with Crippen molar-refractivity contribution in [2.45, 2.75) is 31.7 Å². The zero-order valence-electron chi connectivity index (χ0n) is 10.4. The van der Waals surface area contributed by atoms with E-state index in [4.69, 9.17) is 15.2 Å². The van der Waals surface area contributed by atoms with E-state index in [1.165, 1.54) is 0 Å². The summed E-state index contributed by atoms with van der Waals surface area (Å²) < 4.78 is 11.2. The monoisotopic (exact) mass is 235 g/mol. The van der Waals surface area contributed by atoms with Gasteiger partial charge in [-0.05, 0) is 18.9 Å². The first-order valence-corrected chi connectivity index (χ1v) is 6.35. The lowest BCUT2D eigenvalue weighted by Gasteiger charge is -2.35. The third kappa shape index (κ3) is 2.79. The Morgan fingerprint density at radius 3 is 3.00 bits per heavy atom. The molecule has 0 radical (unpaired) electrons. The predicted octanol–water partition coefficient (Wildman–Crippen LogP) is 2.44. The Bertz CT molecular complexity index is 367. The number of benzene rings is 1. The smallest absolute Gasteiger partial charge is 0.124 e. The van der Waals surface area contributed by atoms with Crippen molar-refractivity contribution in [3.05, 3.63) is 29.8 Å². The van der Waals surface area contributed by atoms with Crippen molar-refractivity contribution in [3.8, 4) is 5.75 Å². The van der Waals surface area contributed by atoms with Crippen LogP contribution < -0.4 is 10.5 Å². The number of ether oxygens (including phenoxy) is 2. The number of hydrogen-bond donors (Lipinski definition) is 1. The van der Waals surface area contributed by atoms with Crippen LogP contribution in [-0.4, -0.2) is 19.8 Å². The lowest BCUT2D eigenvalue weighted by molar-refractivity contribution is 0.102. The summed E-state index contributed by atoms with van der Waals surface area (Å²) in [4.78, 5) is 0. The lowest BCUT2D eigenvalue weighted by atomic mass is 9.83. The predicted molar refractivity (Wildman–Crippen MR) is 68.1 cm³/mol. The summed E-state index contributed by atoms with van der Waals surface area (Å²) in [7, 11) is 0. The van der Waals surface area contributed by atoms with Crippen LogP contribution in [0.1, 0.15) is 31.7 Å². The summed E-state index contributed by atoms with van der Waals surface area (Å²) in [6.45, 7) is 4.34. The second-order valence-corrected chi connectivity index (χ2v) is 4.61. The Kier molecular flexibility index (Phi) is 4.02. The zero-order valence-corrected chi connectivity index (χ0v) is 10.4. The molecule has 1 aromatic rings. The Morgan fingerprint density at radius 1 is 1.35 bits per heavy atom. The summed E-state index contributed by atoms with van der Waals surface area (Å²) in [5.74, 6) is 0.928. The fraction of sp³-hybridized carbons (Fsp3) is 0.571. The van der Waals surface area contributed by atoms with Crippen molar-refractivity contribution in [1.29, 1.82) is 0 Å². The Labute approximate surface area is 103 Å². The molecule has 2 rings (SSSR count). The molecule has 1 unspecified atom stereocenters. The number of rotatable bonds is 5. The van der Waals surface area contributed by atoms with Gasteiger partial charge >= 0.3 is 0 Å². The summed E-state index contributed by atoms with van der Waals surface area (Å²) in [6.07, 6.45) is 2.77. The van der Waals surface area contributed by atoms with Crippen LogP contribution >= 0.6 is 0 Å². The molecule has 0 aliphatic carbocycles. The molecule has 17 heavy (non-hydrogen) atoms. The molecule has 0 aromatic heterocycles. The molecule has 0 saturated heterocycles. The third-order valence-corrected chi connectivity index (χ3v) is 3.27. The van der Waals surface area contributed by atoms with Crippen LogP contribution in [0.3, 0.4) is 0 Å². The molecule has 1 heterocycles. The molecule has 0 bridgehead atoms. The van der Waals surface area contributed by atoms with E-state index < -0.39 is 0 Å². The van der Waals surface area contributed by atoms with Crippen LogP contribution in [0.4, 0.5) is 0 Å². The van der Waals surface area contributed by atoms with E-state index in [2.05, 4.69) is 13.0 Å². The second kappa shape index (κ2) is 5.52. The molecule has 0 spiro atoms. The normalized spacial score (nSPS) is 22.9. The highest BCUT2D eigenvalue weighted by atomic mass is 16.5. The summed E-state index contributed by atoms with van der Waals surface area (Å²) in [6, 6.07) is 8.05.